The van der Waals surface area contributed by atoms with E-state index in [1.165, 1.54) is 18.2 Å². The molecular formula is C13H13ClN4O2. The van der Waals surface area contributed by atoms with Crippen LogP contribution in [-0.2, 0) is 0 Å². The van der Waals surface area contributed by atoms with Crippen LogP contribution in [0.25, 0.3) is 0 Å². The first-order valence-corrected chi connectivity index (χ1v) is 6.32. The smallest absolute Gasteiger partial charge is 0.251 e. The second-order valence-electron chi connectivity index (χ2n) is 3.92. The summed E-state index contributed by atoms with van der Waals surface area (Å²) in [6.45, 7) is 0.914. The second kappa shape index (κ2) is 6.72. The number of rotatable bonds is 5. The van der Waals surface area contributed by atoms with Gasteiger partial charge >= 0.3 is 0 Å². The Morgan fingerprint density at radius 1 is 1.25 bits per heavy atom. The maximum atomic E-state index is 11.8. The number of aromatic hydroxyl groups is 1. The minimum atomic E-state index is -0.261. The zero-order valence-electron chi connectivity index (χ0n) is 10.5. The van der Waals surface area contributed by atoms with Gasteiger partial charge in [-0.25, -0.2) is 9.97 Å². The number of nitrogens with one attached hydrogen (secondary N) is 2. The zero-order valence-corrected chi connectivity index (χ0v) is 11.3. The van der Waals surface area contributed by atoms with Crippen molar-refractivity contribution in [1.82, 2.24) is 15.3 Å². The molecule has 0 radical (unpaired) electrons. The number of hydrogen-bond acceptors (Lipinski definition) is 5. The fourth-order valence-corrected chi connectivity index (χ4v) is 1.67. The molecule has 0 aliphatic heterocycles. The van der Waals surface area contributed by atoms with Crippen molar-refractivity contribution in [2.45, 2.75) is 0 Å². The highest BCUT2D eigenvalue weighted by Crippen LogP contribution is 2.23. The first-order valence-electron chi connectivity index (χ1n) is 5.94. The van der Waals surface area contributed by atoms with E-state index in [0.717, 1.165) is 0 Å². The van der Waals surface area contributed by atoms with E-state index in [0.29, 0.717) is 24.6 Å². The van der Waals surface area contributed by atoms with Crippen molar-refractivity contribution in [3.05, 3.63) is 47.2 Å². The standard InChI is InChI=1S/C13H13ClN4O2/c14-10-8-9(2-3-11(10)19)12(20)15-6-7-18-13-16-4-1-5-17-13/h1-5,8,19H,6-7H2,(H,15,20)(H,16,17,18). The van der Waals surface area contributed by atoms with E-state index in [9.17, 15) is 9.90 Å². The number of hydrogen-bond donors (Lipinski definition) is 3. The third-order valence-corrected chi connectivity index (χ3v) is 2.77. The molecule has 1 aromatic carbocycles. The van der Waals surface area contributed by atoms with Gasteiger partial charge in [0.2, 0.25) is 5.95 Å². The summed E-state index contributed by atoms with van der Waals surface area (Å²) < 4.78 is 0. The van der Waals surface area contributed by atoms with Crippen LogP contribution in [0, 0.1) is 0 Å². The Morgan fingerprint density at radius 2 is 2.00 bits per heavy atom. The van der Waals surface area contributed by atoms with Gasteiger partial charge in [0.15, 0.2) is 0 Å². The number of anilines is 1. The molecular weight excluding hydrogens is 280 g/mol. The number of halogens is 1. The third kappa shape index (κ3) is 3.83. The summed E-state index contributed by atoms with van der Waals surface area (Å²) >= 11 is 5.74. The fourth-order valence-electron chi connectivity index (χ4n) is 1.49. The minimum Gasteiger partial charge on any atom is -0.506 e. The lowest BCUT2D eigenvalue weighted by molar-refractivity contribution is 0.0955. The average Bonchev–Trinajstić information content (AvgIpc) is 2.47. The minimum absolute atomic E-state index is 0.0499. The van der Waals surface area contributed by atoms with Crippen LogP contribution in [0.5, 0.6) is 5.75 Å². The summed E-state index contributed by atoms with van der Waals surface area (Å²) in [4.78, 5) is 19.8. The van der Waals surface area contributed by atoms with Gasteiger partial charge in [-0.15, -0.1) is 0 Å². The van der Waals surface area contributed by atoms with Gasteiger partial charge in [0.1, 0.15) is 5.75 Å². The van der Waals surface area contributed by atoms with E-state index in [2.05, 4.69) is 20.6 Å². The maximum absolute atomic E-state index is 11.8. The van der Waals surface area contributed by atoms with Crippen LogP contribution in [-0.4, -0.2) is 34.1 Å². The summed E-state index contributed by atoms with van der Waals surface area (Å²) in [5, 5.41) is 15.1. The van der Waals surface area contributed by atoms with Crippen molar-refractivity contribution in [3.63, 3.8) is 0 Å². The number of nitrogens with zero attached hydrogens (tertiary/aromatic N) is 2. The van der Waals surface area contributed by atoms with Crippen LogP contribution in [0.2, 0.25) is 5.02 Å². The molecule has 1 heterocycles. The molecule has 6 nitrogen and oxygen atoms in total. The Kier molecular flexibility index (Phi) is 4.73. The van der Waals surface area contributed by atoms with E-state index in [-0.39, 0.29) is 16.7 Å². The molecule has 20 heavy (non-hydrogen) atoms. The topological polar surface area (TPSA) is 87.1 Å². The number of benzene rings is 1. The van der Waals surface area contributed by atoms with Crippen molar-refractivity contribution in [2.24, 2.45) is 0 Å². The summed E-state index contributed by atoms with van der Waals surface area (Å²) in [6.07, 6.45) is 3.26. The number of amides is 1. The van der Waals surface area contributed by atoms with Crippen LogP contribution in [0.4, 0.5) is 5.95 Å². The van der Waals surface area contributed by atoms with Crippen LogP contribution in [0.1, 0.15) is 10.4 Å². The molecule has 0 saturated carbocycles. The highest BCUT2D eigenvalue weighted by atomic mass is 35.5. The predicted molar refractivity (Wildman–Crippen MR) is 76.0 cm³/mol. The molecule has 0 aliphatic rings. The van der Waals surface area contributed by atoms with Crippen molar-refractivity contribution >= 4 is 23.5 Å². The molecule has 0 saturated heterocycles. The van der Waals surface area contributed by atoms with Gasteiger partial charge in [0.05, 0.1) is 5.02 Å². The summed E-state index contributed by atoms with van der Waals surface area (Å²) in [7, 11) is 0. The van der Waals surface area contributed by atoms with Gasteiger partial charge in [0.25, 0.3) is 5.91 Å². The summed E-state index contributed by atoms with van der Waals surface area (Å²) in [5.74, 6) is 0.197. The highest BCUT2D eigenvalue weighted by molar-refractivity contribution is 6.32. The quantitative estimate of drug-likeness (QED) is 0.730. The van der Waals surface area contributed by atoms with Crippen molar-refractivity contribution in [2.75, 3.05) is 18.4 Å². The summed E-state index contributed by atoms with van der Waals surface area (Å²) in [6, 6.07) is 6.03. The van der Waals surface area contributed by atoms with E-state index >= 15 is 0 Å². The maximum Gasteiger partial charge on any atom is 0.251 e. The Bertz CT molecular complexity index is 592. The van der Waals surface area contributed by atoms with E-state index in [4.69, 9.17) is 11.6 Å². The lowest BCUT2D eigenvalue weighted by atomic mass is 10.2. The second-order valence-corrected chi connectivity index (χ2v) is 4.33. The number of phenolic OH excluding ortho intramolecular Hbond substituents is 1. The van der Waals surface area contributed by atoms with Crippen LogP contribution < -0.4 is 10.6 Å². The number of carbonyl (C=O) groups is 1. The van der Waals surface area contributed by atoms with Gasteiger partial charge in [0, 0.05) is 31.0 Å². The van der Waals surface area contributed by atoms with E-state index in [1.807, 2.05) is 0 Å². The Morgan fingerprint density at radius 3 is 2.70 bits per heavy atom. The first-order chi connectivity index (χ1) is 9.66. The number of phenols is 1. The molecule has 7 heteroatoms. The molecule has 0 bridgehead atoms. The zero-order chi connectivity index (χ0) is 14.4. The lowest BCUT2D eigenvalue weighted by Gasteiger charge is -2.07. The third-order valence-electron chi connectivity index (χ3n) is 2.47. The van der Waals surface area contributed by atoms with Gasteiger partial charge in [-0.3, -0.25) is 4.79 Å². The molecule has 2 rings (SSSR count). The normalized spacial score (nSPS) is 10.1. The van der Waals surface area contributed by atoms with Crippen molar-refractivity contribution < 1.29 is 9.90 Å². The Labute approximate surface area is 120 Å². The molecule has 0 atom stereocenters. The van der Waals surface area contributed by atoms with E-state index < -0.39 is 0 Å². The molecule has 1 aromatic heterocycles. The van der Waals surface area contributed by atoms with E-state index in [1.54, 1.807) is 18.5 Å². The fraction of sp³-hybridized carbons (Fsp3) is 0.154. The molecule has 1 amide bonds. The number of carbonyl (C=O) groups excluding carboxylic acids is 1. The van der Waals surface area contributed by atoms with Crippen LogP contribution >= 0.6 is 11.6 Å². The Balaban J connectivity index is 1.79. The molecule has 0 fully saturated rings. The van der Waals surface area contributed by atoms with Crippen LogP contribution in [0.3, 0.4) is 0 Å². The van der Waals surface area contributed by atoms with Gasteiger partial charge in [-0.1, -0.05) is 11.6 Å². The van der Waals surface area contributed by atoms with Gasteiger partial charge in [-0.05, 0) is 24.3 Å². The predicted octanol–water partition coefficient (Wildman–Crippen LogP) is 1.68. The van der Waals surface area contributed by atoms with Crippen molar-refractivity contribution in [3.8, 4) is 5.75 Å². The van der Waals surface area contributed by atoms with Gasteiger partial charge < -0.3 is 15.7 Å². The van der Waals surface area contributed by atoms with Crippen LogP contribution in [0.15, 0.2) is 36.7 Å². The first kappa shape index (κ1) is 14.1. The monoisotopic (exact) mass is 292 g/mol. The largest absolute Gasteiger partial charge is 0.506 e. The SMILES string of the molecule is O=C(NCCNc1ncccn1)c1ccc(O)c(Cl)c1. The Hall–Kier alpha value is -2.34. The molecule has 104 valence electrons. The molecule has 2 aromatic rings. The van der Waals surface area contributed by atoms with Gasteiger partial charge in [-0.2, -0.15) is 0 Å². The molecule has 0 unspecified atom stereocenters. The highest BCUT2D eigenvalue weighted by Gasteiger charge is 2.07. The molecule has 0 spiro atoms. The molecule has 3 N–H and O–H groups in total. The average molecular weight is 293 g/mol. The molecule has 0 aliphatic carbocycles. The van der Waals surface area contributed by atoms with Crippen molar-refractivity contribution in [1.29, 1.82) is 0 Å². The lowest BCUT2D eigenvalue weighted by Crippen LogP contribution is -2.29. The number of aromatic nitrogens is 2. The summed E-state index contributed by atoms with van der Waals surface area (Å²) in [5.41, 5.74) is 0.392.